The lowest BCUT2D eigenvalue weighted by atomic mass is 9.79. The molecule has 0 aliphatic heterocycles. The van der Waals surface area contributed by atoms with Gasteiger partial charge in [-0.15, -0.1) is 6.42 Å². The minimum absolute atomic E-state index is 0.250. The van der Waals surface area contributed by atoms with Crippen molar-refractivity contribution < 1.29 is 9.53 Å². The van der Waals surface area contributed by atoms with Gasteiger partial charge in [0.15, 0.2) is 8.32 Å². The fourth-order valence-corrected chi connectivity index (χ4v) is 3.07. The van der Waals surface area contributed by atoms with Gasteiger partial charge in [-0.1, -0.05) is 26.7 Å². The molecule has 0 aromatic rings. The van der Waals surface area contributed by atoms with Crippen LogP contribution in [-0.4, -0.2) is 25.6 Å². The molecule has 1 aliphatic carbocycles. The first-order chi connectivity index (χ1) is 7.17. The number of aliphatic hydroxyl groups excluding tert-OH is 1. The van der Waals surface area contributed by atoms with E-state index >= 15 is 0 Å². The summed E-state index contributed by atoms with van der Waals surface area (Å²) in [6.45, 7) is 11.2. The van der Waals surface area contributed by atoms with Crippen LogP contribution >= 0.6 is 0 Å². The van der Waals surface area contributed by atoms with Crippen LogP contribution in [0.25, 0.3) is 0 Å². The second-order valence-corrected chi connectivity index (χ2v) is 11.1. The highest BCUT2D eigenvalue weighted by atomic mass is 28.4. The van der Waals surface area contributed by atoms with E-state index in [9.17, 15) is 5.11 Å². The molecule has 1 rings (SSSR count). The van der Waals surface area contributed by atoms with Crippen LogP contribution in [0, 0.1) is 18.3 Å². The zero-order valence-corrected chi connectivity index (χ0v) is 12.1. The Hall–Kier alpha value is -0.303. The molecule has 0 bridgehead atoms. The molecule has 1 saturated carbocycles. The summed E-state index contributed by atoms with van der Waals surface area (Å²) in [4.78, 5) is 0. The summed E-state index contributed by atoms with van der Waals surface area (Å²) in [6.07, 6.45) is 6.75. The van der Waals surface area contributed by atoms with Crippen LogP contribution < -0.4 is 0 Å². The molecule has 1 fully saturated rings. The van der Waals surface area contributed by atoms with Crippen LogP contribution in [0.5, 0.6) is 0 Å². The lowest BCUT2D eigenvalue weighted by molar-refractivity contribution is 0.000868. The third-order valence-electron chi connectivity index (χ3n) is 4.02. The number of hydrogen-bond donors (Lipinski definition) is 1. The van der Waals surface area contributed by atoms with Crippen molar-refractivity contribution in [3.8, 4) is 12.3 Å². The van der Waals surface area contributed by atoms with Gasteiger partial charge in [0.05, 0.1) is 0 Å². The Morgan fingerprint density at radius 1 is 1.38 bits per heavy atom. The summed E-state index contributed by atoms with van der Waals surface area (Å²) >= 11 is 0. The topological polar surface area (TPSA) is 29.5 Å². The van der Waals surface area contributed by atoms with Gasteiger partial charge in [-0.25, -0.2) is 0 Å². The molecule has 1 N–H and O–H groups in total. The van der Waals surface area contributed by atoms with E-state index in [0.29, 0.717) is 6.10 Å². The lowest BCUT2D eigenvalue weighted by Gasteiger charge is -2.45. The Morgan fingerprint density at radius 2 is 1.88 bits per heavy atom. The van der Waals surface area contributed by atoms with E-state index in [1.165, 1.54) is 0 Å². The van der Waals surface area contributed by atoms with Gasteiger partial charge in [0.2, 0.25) is 0 Å². The standard InChI is InChI=1S/C13H24O2Si/c1-7-12(14)10-8-11(9-10)15-16(5,6)13(2,3)4/h1,10-12,14H,8-9H2,2-6H3. The fourth-order valence-electron chi connectivity index (χ4n) is 1.69. The van der Waals surface area contributed by atoms with Crippen molar-refractivity contribution in [1.82, 2.24) is 0 Å². The normalized spacial score (nSPS) is 28.1. The van der Waals surface area contributed by atoms with E-state index in [-0.39, 0.29) is 11.0 Å². The van der Waals surface area contributed by atoms with Crippen molar-refractivity contribution in [1.29, 1.82) is 0 Å². The molecule has 16 heavy (non-hydrogen) atoms. The third kappa shape index (κ3) is 2.88. The Labute approximate surface area is 101 Å². The number of terminal acetylenes is 1. The van der Waals surface area contributed by atoms with E-state index in [1.54, 1.807) is 0 Å². The number of hydrogen-bond acceptors (Lipinski definition) is 2. The van der Waals surface area contributed by atoms with Gasteiger partial charge < -0.3 is 9.53 Å². The molecule has 2 nitrogen and oxygen atoms in total. The maximum atomic E-state index is 9.47. The predicted molar refractivity (Wildman–Crippen MR) is 69.6 cm³/mol. The molecular weight excluding hydrogens is 216 g/mol. The van der Waals surface area contributed by atoms with Crippen LogP contribution in [0.15, 0.2) is 0 Å². The first kappa shape index (κ1) is 13.8. The molecule has 0 heterocycles. The quantitative estimate of drug-likeness (QED) is 0.607. The molecule has 0 aromatic heterocycles. The van der Waals surface area contributed by atoms with Crippen molar-refractivity contribution in [2.75, 3.05) is 0 Å². The molecule has 1 unspecified atom stereocenters. The highest BCUT2D eigenvalue weighted by Gasteiger charge is 2.43. The zero-order valence-electron chi connectivity index (χ0n) is 11.1. The van der Waals surface area contributed by atoms with Crippen LogP contribution in [0.3, 0.4) is 0 Å². The second-order valence-electron chi connectivity index (χ2n) is 6.34. The minimum Gasteiger partial charge on any atom is -0.414 e. The molecule has 0 aromatic carbocycles. The summed E-state index contributed by atoms with van der Waals surface area (Å²) in [5.41, 5.74) is 0. The molecule has 1 aliphatic rings. The summed E-state index contributed by atoms with van der Waals surface area (Å²) in [6, 6.07) is 0. The van der Waals surface area contributed by atoms with Crippen LogP contribution in [-0.2, 0) is 4.43 Å². The highest BCUT2D eigenvalue weighted by molar-refractivity contribution is 6.74. The third-order valence-corrected chi connectivity index (χ3v) is 8.55. The van der Waals surface area contributed by atoms with Gasteiger partial charge in [-0.3, -0.25) is 0 Å². The Balaban J connectivity index is 2.41. The van der Waals surface area contributed by atoms with Gasteiger partial charge in [0.1, 0.15) is 6.10 Å². The monoisotopic (exact) mass is 240 g/mol. The smallest absolute Gasteiger partial charge is 0.192 e. The molecule has 92 valence electrons. The molecule has 1 atom stereocenters. The maximum Gasteiger partial charge on any atom is 0.192 e. The maximum absolute atomic E-state index is 9.47. The number of rotatable bonds is 3. The van der Waals surface area contributed by atoms with Gasteiger partial charge in [0, 0.05) is 12.0 Å². The molecule has 3 heteroatoms. The van der Waals surface area contributed by atoms with Gasteiger partial charge in [-0.2, -0.15) is 0 Å². The van der Waals surface area contributed by atoms with Gasteiger partial charge in [-0.05, 0) is 31.0 Å². The Kier molecular flexibility index (Phi) is 3.89. The Bertz CT molecular complexity index is 279. The largest absolute Gasteiger partial charge is 0.414 e. The Morgan fingerprint density at radius 3 is 2.25 bits per heavy atom. The molecule has 0 amide bonds. The van der Waals surface area contributed by atoms with Gasteiger partial charge in [0.25, 0.3) is 0 Å². The van der Waals surface area contributed by atoms with E-state index in [0.717, 1.165) is 12.8 Å². The minimum atomic E-state index is -1.65. The van der Waals surface area contributed by atoms with Gasteiger partial charge >= 0.3 is 0 Å². The second kappa shape index (κ2) is 4.52. The van der Waals surface area contributed by atoms with Crippen LogP contribution in [0.2, 0.25) is 18.1 Å². The SMILES string of the molecule is C#CC(O)C1CC(O[Si](C)(C)C(C)(C)C)C1. The molecule has 0 saturated heterocycles. The average Bonchev–Trinajstić information content (AvgIpc) is 2.07. The van der Waals surface area contributed by atoms with Crippen LogP contribution in [0.1, 0.15) is 33.6 Å². The molecule has 0 radical (unpaired) electrons. The fraction of sp³-hybridized carbons (Fsp3) is 0.846. The van der Waals surface area contributed by atoms with E-state index in [2.05, 4.69) is 39.8 Å². The lowest BCUT2D eigenvalue weighted by Crippen LogP contribution is -2.49. The first-order valence-corrected chi connectivity index (χ1v) is 8.90. The van der Waals surface area contributed by atoms with E-state index in [1.807, 2.05) is 0 Å². The summed E-state index contributed by atoms with van der Waals surface area (Å²) < 4.78 is 6.22. The molecular formula is C13H24O2Si. The van der Waals surface area contributed by atoms with Crippen LogP contribution in [0.4, 0.5) is 0 Å². The van der Waals surface area contributed by atoms with Crippen molar-refractivity contribution >= 4 is 8.32 Å². The number of aliphatic hydroxyl groups is 1. The van der Waals surface area contributed by atoms with Crippen molar-refractivity contribution in [3.05, 3.63) is 0 Å². The highest BCUT2D eigenvalue weighted by Crippen LogP contribution is 2.42. The van der Waals surface area contributed by atoms with Crippen molar-refractivity contribution in [2.24, 2.45) is 5.92 Å². The first-order valence-electron chi connectivity index (χ1n) is 5.99. The molecule has 0 spiro atoms. The predicted octanol–water partition coefficient (Wildman–Crippen LogP) is 2.78. The van der Waals surface area contributed by atoms with E-state index < -0.39 is 14.4 Å². The summed E-state index contributed by atoms with van der Waals surface area (Å²) in [7, 11) is -1.65. The average molecular weight is 240 g/mol. The summed E-state index contributed by atoms with van der Waals surface area (Å²) in [5, 5.41) is 9.73. The van der Waals surface area contributed by atoms with Crippen molar-refractivity contribution in [2.45, 2.75) is 64.0 Å². The van der Waals surface area contributed by atoms with E-state index in [4.69, 9.17) is 10.8 Å². The zero-order chi connectivity index (χ0) is 12.6. The van der Waals surface area contributed by atoms with Crippen molar-refractivity contribution in [3.63, 3.8) is 0 Å². The summed E-state index contributed by atoms with van der Waals surface area (Å²) in [5.74, 6) is 2.64.